The van der Waals surface area contributed by atoms with E-state index in [0.29, 0.717) is 24.4 Å². The van der Waals surface area contributed by atoms with Gasteiger partial charge in [-0.1, -0.05) is 6.07 Å². The Morgan fingerprint density at radius 3 is 2.94 bits per heavy atom. The monoisotopic (exact) mass is 245 g/mol. The van der Waals surface area contributed by atoms with Crippen LogP contribution >= 0.6 is 0 Å². The maximum absolute atomic E-state index is 11.5. The molecule has 1 aromatic carbocycles. The number of nitrogens with two attached hydrogens (primary N) is 1. The van der Waals surface area contributed by atoms with Gasteiger partial charge >= 0.3 is 0 Å². The molecule has 0 saturated carbocycles. The zero-order valence-corrected chi connectivity index (χ0v) is 10.2. The first-order valence-corrected chi connectivity index (χ1v) is 5.78. The zero-order chi connectivity index (χ0) is 13.1. The number of likely N-dealkylation sites (tertiary alicyclic amines) is 1. The van der Waals surface area contributed by atoms with Crippen molar-refractivity contribution in [1.29, 1.82) is 5.26 Å². The van der Waals surface area contributed by atoms with Crippen molar-refractivity contribution in [2.45, 2.75) is 12.3 Å². The number of benzene rings is 1. The fourth-order valence-corrected chi connectivity index (χ4v) is 2.44. The molecule has 1 fully saturated rings. The van der Waals surface area contributed by atoms with Gasteiger partial charge in [0.05, 0.1) is 7.11 Å². The molecule has 0 aliphatic carbocycles. The lowest BCUT2D eigenvalue weighted by Crippen LogP contribution is -2.18. The molecule has 5 nitrogen and oxygen atoms in total. The number of primary amides is 1. The van der Waals surface area contributed by atoms with Crippen LogP contribution in [0.3, 0.4) is 0 Å². The van der Waals surface area contributed by atoms with E-state index in [1.54, 1.807) is 24.1 Å². The lowest BCUT2D eigenvalue weighted by atomic mass is 9.92. The van der Waals surface area contributed by atoms with E-state index in [1.807, 2.05) is 6.07 Å². The van der Waals surface area contributed by atoms with Crippen molar-refractivity contribution in [3.8, 4) is 11.9 Å². The smallest absolute Gasteiger partial charge is 0.249 e. The van der Waals surface area contributed by atoms with Crippen molar-refractivity contribution in [2.75, 3.05) is 20.2 Å². The van der Waals surface area contributed by atoms with Crippen LogP contribution in [0.2, 0.25) is 0 Å². The predicted octanol–water partition coefficient (Wildman–Crippen LogP) is 1.06. The third-order valence-corrected chi connectivity index (χ3v) is 3.29. The Hall–Kier alpha value is -2.22. The summed E-state index contributed by atoms with van der Waals surface area (Å²) in [5.41, 5.74) is 6.71. The summed E-state index contributed by atoms with van der Waals surface area (Å²) in [6.45, 7) is 1.31. The Morgan fingerprint density at radius 2 is 2.39 bits per heavy atom. The molecule has 1 saturated heterocycles. The third-order valence-electron chi connectivity index (χ3n) is 3.29. The molecule has 0 spiro atoms. The van der Waals surface area contributed by atoms with Gasteiger partial charge < -0.3 is 15.4 Å². The van der Waals surface area contributed by atoms with E-state index in [2.05, 4.69) is 6.19 Å². The largest absolute Gasteiger partial charge is 0.496 e. The third kappa shape index (κ3) is 2.09. The van der Waals surface area contributed by atoms with Gasteiger partial charge in [-0.15, -0.1) is 0 Å². The van der Waals surface area contributed by atoms with Gasteiger partial charge in [0, 0.05) is 30.1 Å². The first-order chi connectivity index (χ1) is 8.67. The molecule has 5 heteroatoms. The van der Waals surface area contributed by atoms with Crippen LogP contribution in [0.1, 0.15) is 28.3 Å². The molecule has 0 aromatic heterocycles. The molecule has 1 aliphatic rings. The summed E-state index contributed by atoms with van der Waals surface area (Å²) in [7, 11) is 1.57. The minimum atomic E-state index is -0.459. The average Bonchev–Trinajstić information content (AvgIpc) is 2.86. The number of carbonyl (C=O) groups excluding carboxylic acids is 1. The van der Waals surface area contributed by atoms with Crippen LogP contribution in [-0.2, 0) is 0 Å². The second-order valence-electron chi connectivity index (χ2n) is 4.32. The molecule has 1 aromatic rings. The Bertz CT molecular complexity index is 507. The fraction of sp³-hybridized carbons (Fsp3) is 0.385. The first kappa shape index (κ1) is 12.2. The fourth-order valence-electron chi connectivity index (χ4n) is 2.44. The summed E-state index contributed by atoms with van der Waals surface area (Å²) in [5.74, 6) is 0.318. The molecule has 1 aliphatic heterocycles. The normalized spacial score (nSPS) is 18.4. The van der Waals surface area contributed by atoms with Crippen molar-refractivity contribution in [3.63, 3.8) is 0 Å². The van der Waals surface area contributed by atoms with Gasteiger partial charge in [0.25, 0.3) is 0 Å². The number of ether oxygens (including phenoxy) is 1. The molecular weight excluding hydrogens is 230 g/mol. The standard InChI is InChI=1S/C13H15N3O2/c1-18-11-4-2-3-10(13(15)17)12(11)9-5-6-16(7-9)8-14/h2-4,9H,5-7H2,1H3,(H2,15,17). The average molecular weight is 245 g/mol. The SMILES string of the molecule is COc1cccc(C(N)=O)c1C1CCN(C#N)C1. The summed E-state index contributed by atoms with van der Waals surface area (Å²) >= 11 is 0. The molecule has 1 amide bonds. The topological polar surface area (TPSA) is 79.3 Å². The van der Waals surface area contributed by atoms with Gasteiger partial charge in [0.15, 0.2) is 6.19 Å². The van der Waals surface area contributed by atoms with E-state index in [9.17, 15) is 4.79 Å². The highest BCUT2D eigenvalue weighted by atomic mass is 16.5. The minimum absolute atomic E-state index is 0.114. The Balaban J connectivity index is 2.42. The highest BCUT2D eigenvalue weighted by Crippen LogP contribution is 2.35. The number of rotatable bonds is 3. The zero-order valence-electron chi connectivity index (χ0n) is 10.2. The molecule has 94 valence electrons. The number of amides is 1. The number of hydrogen-bond donors (Lipinski definition) is 1. The van der Waals surface area contributed by atoms with E-state index in [4.69, 9.17) is 15.7 Å². The van der Waals surface area contributed by atoms with E-state index >= 15 is 0 Å². The Kier molecular flexibility index (Phi) is 3.38. The van der Waals surface area contributed by atoms with Crippen molar-refractivity contribution >= 4 is 5.91 Å². The molecule has 18 heavy (non-hydrogen) atoms. The van der Waals surface area contributed by atoms with Crippen LogP contribution in [0.25, 0.3) is 0 Å². The molecule has 1 heterocycles. The van der Waals surface area contributed by atoms with Crippen LogP contribution in [0, 0.1) is 11.5 Å². The van der Waals surface area contributed by atoms with Gasteiger partial charge in [-0.25, -0.2) is 0 Å². The highest BCUT2D eigenvalue weighted by molar-refractivity contribution is 5.95. The van der Waals surface area contributed by atoms with Crippen molar-refractivity contribution in [2.24, 2.45) is 5.73 Å². The molecule has 1 unspecified atom stereocenters. The molecule has 2 rings (SSSR count). The van der Waals surface area contributed by atoms with Gasteiger partial charge in [-0.3, -0.25) is 4.79 Å². The number of methoxy groups -OCH3 is 1. The van der Waals surface area contributed by atoms with Crippen molar-refractivity contribution in [3.05, 3.63) is 29.3 Å². The van der Waals surface area contributed by atoms with E-state index in [1.165, 1.54) is 0 Å². The quantitative estimate of drug-likeness (QED) is 0.808. The van der Waals surface area contributed by atoms with Crippen LogP contribution in [0.4, 0.5) is 0 Å². The van der Waals surface area contributed by atoms with E-state index < -0.39 is 5.91 Å². The van der Waals surface area contributed by atoms with Crippen LogP contribution in [0.5, 0.6) is 5.75 Å². The summed E-state index contributed by atoms with van der Waals surface area (Å²) in [4.78, 5) is 13.2. The second kappa shape index (κ2) is 4.96. The summed E-state index contributed by atoms with van der Waals surface area (Å²) in [6, 6.07) is 5.27. The van der Waals surface area contributed by atoms with Gasteiger partial charge in [0.2, 0.25) is 5.91 Å². The van der Waals surface area contributed by atoms with Crippen LogP contribution in [0.15, 0.2) is 18.2 Å². The van der Waals surface area contributed by atoms with Gasteiger partial charge in [0.1, 0.15) is 5.75 Å². The van der Waals surface area contributed by atoms with Crippen LogP contribution < -0.4 is 10.5 Å². The predicted molar refractivity (Wildman–Crippen MR) is 66.1 cm³/mol. The Labute approximate surface area is 106 Å². The number of nitriles is 1. The molecule has 2 N–H and O–H groups in total. The molecule has 0 bridgehead atoms. The Morgan fingerprint density at radius 1 is 1.61 bits per heavy atom. The highest BCUT2D eigenvalue weighted by Gasteiger charge is 2.28. The van der Waals surface area contributed by atoms with Crippen molar-refractivity contribution < 1.29 is 9.53 Å². The maximum Gasteiger partial charge on any atom is 0.249 e. The van der Waals surface area contributed by atoms with Gasteiger partial charge in [-0.2, -0.15) is 5.26 Å². The van der Waals surface area contributed by atoms with Crippen LogP contribution in [-0.4, -0.2) is 31.0 Å². The summed E-state index contributed by atoms with van der Waals surface area (Å²) in [5, 5.41) is 8.89. The number of hydrogen-bond acceptors (Lipinski definition) is 4. The maximum atomic E-state index is 11.5. The number of carbonyl (C=O) groups is 1. The molecular formula is C13H15N3O2. The summed E-state index contributed by atoms with van der Waals surface area (Å²) in [6.07, 6.45) is 2.95. The lowest BCUT2D eigenvalue weighted by Gasteiger charge is -2.17. The van der Waals surface area contributed by atoms with Crippen molar-refractivity contribution in [1.82, 2.24) is 4.90 Å². The minimum Gasteiger partial charge on any atom is -0.496 e. The number of nitrogens with zero attached hydrogens (tertiary/aromatic N) is 2. The van der Waals surface area contributed by atoms with E-state index in [-0.39, 0.29) is 5.92 Å². The molecule has 1 atom stereocenters. The summed E-state index contributed by atoms with van der Waals surface area (Å²) < 4.78 is 5.31. The second-order valence-corrected chi connectivity index (χ2v) is 4.32. The molecule has 0 radical (unpaired) electrons. The van der Waals surface area contributed by atoms with Gasteiger partial charge in [-0.05, 0) is 18.6 Å². The van der Waals surface area contributed by atoms with E-state index in [0.717, 1.165) is 12.0 Å². The lowest BCUT2D eigenvalue weighted by molar-refractivity contribution is 0.0998. The first-order valence-electron chi connectivity index (χ1n) is 5.78.